The first-order valence-corrected chi connectivity index (χ1v) is 15.1. The van der Waals surface area contributed by atoms with Gasteiger partial charge >= 0.3 is 0 Å². The molecule has 0 bridgehead atoms. The third-order valence-corrected chi connectivity index (χ3v) is 6.69. The van der Waals surface area contributed by atoms with Crippen LogP contribution in [0.25, 0.3) is 0 Å². The molecule has 0 aliphatic carbocycles. The second-order valence-corrected chi connectivity index (χ2v) is 10.3. The average Bonchev–Trinajstić information content (AvgIpc) is 3.02. The second-order valence-electron chi connectivity index (χ2n) is 10.3. The molecule has 0 radical (unpaired) electrons. The minimum absolute atomic E-state index is 0.0654. The maximum Gasteiger partial charge on any atom is 0.257 e. The molecule has 0 aliphatic heterocycles. The van der Waals surface area contributed by atoms with Gasteiger partial charge in [0.05, 0.1) is 26.4 Å². The van der Waals surface area contributed by atoms with Crippen molar-refractivity contribution in [3.8, 4) is 5.75 Å². The number of unbranched alkanes of at least 4 members (excludes halogenated alkanes) is 7. The van der Waals surface area contributed by atoms with E-state index in [-0.39, 0.29) is 18.6 Å². The lowest BCUT2D eigenvalue weighted by atomic mass is 10.1. The molecule has 3 aromatic rings. The molecule has 3 rings (SSSR count). The van der Waals surface area contributed by atoms with Gasteiger partial charge in [0, 0.05) is 13.2 Å². The van der Waals surface area contributed by atoms with E-state index in [4.69, 9.17) is 18.9 Å². The third kappa shape index (κ3) is 16.0. The van der Waals surface area contributed by atoms with E-state index in [9.17, 15) is 4.79 Å². The van der Waals surface area contributed by atoms with Crippen molar-refractivity contribution < 1.29 is 23.7 Å². The van der Waals surface area contributed by atoms with Crippen molar-refractivity contribution in [3.05, 3.63) is 102 Å². The van der Waals surface area contributed by atoms with Crippen molar-refractivity contribution in [2.45, 2.75) is 70.7 Å². The Morgan fingerprint density at radius 1 is 0.610 bits per heavy atom. The highest BCUT2D eigenvalue weighted by molar-refractivity contribution is 5.77. The second kappa shape index (κ2) is 21.5. The highest BCUT2D eigenvalue weighted by Gasteiger charge is 2.11. The van der Waals surface area contributed by atoms with Crippen LogP contribution in [0.3, 0.4) is 0 Å². The number of para-hydroxylation sites is 1. The zero-order chi connectivity index (χ0) is 28.6. The van der Waals surface area contributed by atoms with Crippen molar-refractivity contribution in [1.29, 1.82) is 0 Å². The summed E-state index contributed by atoms with van der Waals surface area (Å²) in [5.74, 6) is 0.651. The summed E-state index contributed by atoms with van der Waals surface area (Å²) >= 11 is 0. The molecule has 0 heterocycles. The fourth-order valence-electron chi connectivity index (χ4n) is 4.39. The molecule has 6 heteroatoms. The summed E-state index contributed by atoms with van der Waals surface area (Å²) in [5, 5.41) is 2.93. The van der Waals surface area contributed by atoms with E-state index in [0.717, 1.165) is 42.7 Å². The lowest BCUT2D eigenvalue weighted by Crippen LogP contribution is -2.29. The van der Waals surface area contributed by atoms with Gasteiger partial charge in [0.1, 0.15) is 11.9 Å². The molecule has 0 unspecified atom stereocenters. The molecule has 41 heavy (non-hydrogen) atoms. The average molecular weight is 562 g/mol. The first kappa shape index (κ1) is 32.3. The normalized spacial score (nSPS) is 11.0. The number of nitrogens with one attached hydrogen (secondary N) is 1. The molecule has 0 aromatic heterocycles. The SMILES string of the molecule is O=C(COc1ccccc1)NCCCCCCCCCCOC(COCc1ccccc1)COCc1ccccc1. The van der Waals surface area contributed by atoms with Gasteiger partial charge in [-0.05, 0) is 36.1 Å². The lowest BCUT2D eigenvalue weighted by molar-refractivity contribution is -0.123. The monoisotopic (exact) mass is 561 g/mol. The van der Waals surface area contributed by atoms with E-state index < -0.39 is 0 Å². The zero-order valence-electron chi connectivity index (χ0n) is 24.4. The fourth-order valence-corrected chi connectivity index (χ4v) is 4.39. The molecule has 0 spiro atoms. The summed E-state index contributed by atoms with van der Waals surface area (Å²) < 4.78 is 23.5. The molecule has 1 amide bonds. The van der Waals surface area contributed by atoms with Crippen LogP contribution in [0.4, 0.5) is 0 Å². The minimum Gasteiger partial charge on any atom is -0.484 e. The number of carbonyl (C=O) groups excluding carboxylic acids is 1. The Balaban J connectivity index is 1.16. The van der Waals surface area contributed by atoms with E-state index in [2.05, 4.69) is 29.6 Å². The van der Waals surface area contributed by atoms with Crippen LogP contribution in [0, 0.1) is 0 Å². The quantitative estimate of drug-likeness (QED) is 0.125. The van der Waals surface area contributed by atoms with E-state index in [1.807, 2.05) is 66.7 Å². The number of amides is 1. The van der Waals surface area contributed by atoms with Crippen LogP contribution in [-0.2, 0) is 32.2 Å². The van der Waals surface area contributed by atoms with Crippen LogP contribution < -0.4 is 10.1 Å². The maximum atomic E-state index is 11.9. The zero-order valence-corrected chi connectivity index (χ0v) is 24.4. The van der Waals surface area contributed by atoms with Crippen molar-refractivity contribution in [2.75, 3.05) is 33.0 Å². The standard InChI is InChI=1S/C35H47NO5/c37-35(30-41-33-22-14-9-15-23-33)36-24-16-5-3-1-2-4-6-17-25-40-34(28-38-26-31-18-10-7-11-19-31)29-39-27-32-20-12-8-13-21-32/h7-15,18-23,34H,1-6,16-17,24-30H2,(H,36,37). The number of rotatable bonds is 23. The summed E-state index contributed by atoms with van der Waals surface area (Å²) in [6.07, 6.45) is 9.17. The molecule has 1 N–H and O–H groups in total. The molecule has 6 nitrogen and oxygen atoms in total. The summed E-state index contributed by atoms with van der Waals surface area (Å²) in [4.78, 5) is 11.9. The summed E-state index contributed by atoms with van der Waals surface area (Å²) in [6.45, 7) is 3.69. The van der Waals surface area contributed by atoms with E-state index in [1.165, 1.54) is 32.1 Å². The first-order valence-electron chi connectivity index (χ1n) is 15.1. The number of hydrogen-bond donors (Lipinski definition) is 1. The van der Waals surface area contributed by atoms with Crippen LogP contribution in [0.2, 0.25) is 0 Å². The molecule has 0 atom stereocenters. The van der Waals surface area contributed by atoms with Gasteiger partial charge < -0.3 is 24.3 Å². The third-order valence-electron chi connectivity index (χ3n) is 6.69. The highest BCUT2D eigenvalue weighted by atomic mass is 16.6. The minimum atomic E-state index is -0.0761. The fraction of sp³-hybridized carbons (Fsp3) is 0.457. The Morgan fingerprint density at radius 2 is 1.10 bits per heavy atom. The summed E-state index contributed by atoms with van der Waals surface area (Å²) in [7, 11) is 0. The van der Waals surface area contributed by atoms with Gasteiger partial charge in [-0.25, -0.2) is 0 Å². The maximum absolute atomic E-state index is 11.9. The van der Waals surface area contributed by atoms with Crippen LogP contribution in [-0.4, -0.2) is 45.0 Å². The molecule has 0 aliphatic rings. The number of hydrogen-bond acceptors (Lipinski definition) is 5. The first-order chi connectivity index (χ1) is 20.3. The Hall–Kier alpha value is -3.19. The van der Waals surface area contributed by atoms with Crippen molar-refractivity contribution >= 4 is 5.91 Å². The molecular weight excluding hydrogens is 514 g/mol. The van der Waals surface area contributed by atoms with Gasteiger partial charge in [0.2, 0.25) is 0 Å². The van der Waals surface area contributed by atoms with Gasteiger partial charge in [-0.15, -0.1) is 0 Å². The predicted octanol–water partition coefficient (Wildman–Crippen LogP) is 7.12. The van der Waals surface area contributed by atoms with Crippen LogP contribution in [0.5, 0.6) is 5.75 Å². The summed E-state index contributed by atoms with van der Waals surface area (Å²) in [5.41, 5.74) is 2.32. The Bertz CT molecular complexity index is 987. The Kier molecular flexibility index (Phi) is 17.0. The number of ether oxygens (including phenoxy) is 4. The van der Waals surface area contributed by atoms with Crippen LogP contribution >= 0.6 is 0 Å². The van der Waals surface area contributed by atoms with E-state index >= 15 is 0 Å². The molecule has 0 saturated heterocycles. The number of carbonyl (C=O) groups is 1. The molecule has 0 saturated carbocycles. The largest absolute Gasteiger partial charge is 0.484 e. The van der Waals surface area contributed by atoms with Gasteiger partial charge in [0.25, 0.3) is 5.91 Å². The van der Waals surface area contributed by atoms with Crippen LogP contribution in [0.1, 0.15) is 62.5 Å². The Morgan fingerprint density at radius 3 is 1.66 bits per heavy atom. The molecular formula is C35H47NO5. The van der Waals surface area contributed by atoms with Crippen molar-refractivity contribution in [1.82, 2.24) is 5.32 Å². The van der Waals surface area contributed by atoms with Gasteiger partial charge in [0.15, 0.2) is 6.61 Å². The van der Waals surface area contributed by atoms with Crippen molar-refractivity contribution in [3.63, 3.8) is 0 Å². The topological polar surface area (TPSA) is 66.0 Å². The highest BCUT2D eigenvalue weighted by Crippen LogP contribution is 2.11. The van der Waals surface area contributed by atoms with E-state index in [0.29, 0.717) is 33.0 Å². The molecule has 3 aromatic carbocycles. The van der Waals surface area contributed by atoms with Gasteiger partial charge in [-0.3, -0.25) is 4.79 Å². The predicted molar refractivity (Wildman–Crippen MR) is 164 cm³/mol. The lowest BCUT2D eigenvalue weighted by Gasteiger charge is -2.18. The van der Waals surface area contributed by atoms with Gasteiger partial charge in [-0.2, -0.15) is 0 Å². The van der Waals surface area contributed by atoms with Crippen molar-refractivity contribution in [2.24, 2.45) is 0 Å². The molecule has 0 fully saturated rings. The van der Waals surface area contributed by atoms with E-state index in [1.54, 1.807) is 0 Å². The number of benzene rings is 3. The van der Waals surface area contributed by atoms with Gasteiger partial charge in [-0.1, -0.05) is 117 Å². The smallest absolute Gasteiger partial charge is 0.257 e. The Labute approximate surface area is 246 Å². The summed E-state index contributed by atoms with van der Waals surface area (Å²) in [6, 6.07) is 29.8. The molecule has 222 valence electrons. The van der Waals surface area contributed by atoms with Crippen LogP contribution in [0.15, 0.2) is 91.0 Å².